The maximum Gasteiger partial charge on any atom is 0.237 e. The molecule has 1 heterocycles. The van der Waals surface area contributed by atoms with Crippen molar-refractivity contribution in [3.05, 3.63) is 16.5 Å². The number of carbonyl (C=O) groups is 1. The Bertz CT molecular complexity index is 408. The Morgan fingerprint density at radius 2 is 1.94 bits per heavy atom. The number of rotatable bonds is 4. The van der Waals surface area contributed by atoms with E-state index >= 15 is 0 Å². The van der Waals surface area contributed by atoms with Gasteiger partial charge in [-0.3, -0.25) is 4.79 Å². The molecule has 0 atom stereocenters. The molecular formula is C10H15ClN4O. The van der Waals surface area contributed by atoms with E-state index in [1.165, 1.54) is 0 Å². The molecule has 0 fully saturated rings. The third-order valence-corrected chi connectivity index (χ3v) is 2.53. The second-order valence-electron chi connectivity index (χ2n) is 3.49. The van der Waals surface area contributed by atoms with E-state index in [1.54, 1.807) is 4.90 Å². The molecule has 2 N–H and O–H groups in total. The van der Waals surface area contributed by atoms with Crippen molar-refractivity contribution in [3.8, 4) is 0 Å². The molecule has 0 aliphatic heterocycles. The lowest BCUT2D eigenvalue weighted by Crippen LogP contribution is -2.34. The number of likely N-dealkylation sites (N-methyl/N-ethyl adjacent to an activating group) is 1. The predicted octanol–water partition coefficient (Wildman–Crippen LogP) is 1.06. The van der Waals surface area contributed by atoms with Crippen LogP contribution in [0.4, 0.5) is 5.82 Å². The number of primary amides is 1. The second kappa shape index (κ2) is 5.12. The van der Waals surface area contributed by atoms with Gasteiger partial charge >= 0.3 is 0 Å². The molecule has 1 rings (SSSR count). The van der Waals surface area contributed by atoms with Crippen LogP contribution in [-0.2, 0) is 4.79 Å². The highest BCUT2D eigenvalue weighted by atomic mass is 35.5. The number of aromatic nitrogens is 2. The van der Waals surface area contributed by atoms with Gasteiger partial charge in [0.2, 0.25) is 5.91 Å². The molecule has 0 spiro atoms. The van der Waals surface area contributed by atoms with Crippen LogP contribution in [0, 0.1) is 13.8 Å². The summed E-state index contributed by atoms with van der Waals surface area (Å²) in [5, 5.41) is 0.297. The van der Waals surface area contributed by atoms with Gasteiger partial charge in [-0.2, -0.15) is 0 Å². The summed E-state index contributed by atoms with van der Waals surface area (Å²) in [4.78, 5) is 21.1. The number of carbonyl (C=O) groups excluding carboxylic acids is 1. The van der Waals surface area contributed by atoms with Gasteiger partial charge in [-0.05, 0) is 20.8 Å². The lowest BCUT2D eigenvalue weighted by atomic mass is 10.3. The highest BCUT2D eigenvalue weighted by Gasteiger charge is 2.15. The summed E-state index contributed by atoms with van der Waals surface area (Å²) < 4.78 is 0. The van der Waals surface area contributed by atoms with Gasteiger partial charge in [-0.1, -0.05) is 11.6 Å². The highest BCUT2D eigenvalue weighted by Crippen LogP contribution is 2.22. The first-order valence-electron chi connectivity index (χ1n) is 4.99. The smallest absolute Gasteiger partial charge is 0.237 e. The van der Waals surface area contributed by atoms with E-state index in [1.807, 2.05) is 20.8 Å². The van der Waals surface area contributed by atoms with Crippen molar-refractivity contribution < 1.29 is 4.79 Å². The predicted molar refractivity (Wildman–Crippen MR) is 63.6 cm³/mol. The fraction of sp³-hybridized carbons (Fsp3) is 0.500. The molecule has 0 aromatic carbocycles. The zero-order valence-corrected chi connectivity index (χ0v) is 10.4. The number of amides is 1. The van der Waals surface area contributed by atoms with E-state index in [0.717, 1.165) is 11.4 Å². The molecule has 1 aromatic heterocycles. The summed E-state index contributed by atoms with van der Waals surface area (Å²) in [6, 6.07) is 0. The first-order chi connectivity index (χ1) is 7.45. The average Bonchev–Trinajstić information content (AvgIpc) is 2.20. The van der Waals surface area contributed by atoms with Crippen molar-refractivity contribution in [2.45, 2.75) is 20.8 Å². The normalized spacial score (nSPS) is 10.2. The number of aryl methyl sites for hydroxylation is 2. The third-order valence-electron chi connectivity index (χ3n) is 2.28. The second-order valence-corrected chi connectivity index (χ2v) is 3.85. The van der Waals surface area contributed by atoms with Crippen molar-refractivity contribution in [1.29, 1.82) is 0 Å². The Morgan fingerprint density at radius 1 is 1.38 bits per heavy atom. The molecule has 0 unspecified atom stereocenters. The quantitative estimate of drug-likeness (QED) is 0.857. The molecule has 1 amide bonds. The summed E-state index contributed by atoms with van der Waals surface area (Å²) in [5.41, 5.74) is 6.73. The van der Waals surface area contributed by atoms with Gasteiger partial charge < -0.3 is 10.6 Å². The van der Waals surface area contributed by atoms with E-state index in [4.69, 9.17) is 17.3 Å². The maximum atomic E-state index is 10.9. The van der Waals surface area contributed by atoms with Gasteiger partial charge in [0.15, 0.2) is 11.0 Å². The Balaban J connectivity index is 3.09. The molecule has 0 bridgehead atoms. The number of hydrogen-bond donors (Lipinski definition) is 1. The summed E-state index contributed by atoms with van der Waals surface area (Å²) in [6.07, 6.45) is 0. The van der Waals surface area contributed by atoms with E-state index < -0.39 is 5.91 Å². The van der Waals surface area contributed by atoms with Gasteiger partial charge in [-0.15, -0.1) is 0 Å². The van der Waals surface area contributed by atoms with Gasteiger partial charge in [0.05, 0.1) is 17.9 Å². The molecule has 88 valence electrons. The minimum Gasteiger partial charge on any atom is -0.368 e. The minimum absolute atomic E-state index is 0.0907. The molecule has 0 aliphatic carbocycles. The standard InChI is InChI=1S/C10H15ClN4O/c1-4-15(5-8(12)16)10-9(11)13-6(2)7(3)14-10/h4-5H2,1-3H3,(H2,12,16). The SMILES string of the molecule is CCN(CC(N)=O)c1nc(C)c(C)nc1Cl. The van der Waals surface area contributed by atoms with Crippen LogP contribution in [0.2, 0.25) is 5.15 Å². The van der Waals surface area contributed by atoms with Crippen molar-refractivity contribution in [1.82, 2.24) is 9.97 Å². The van der Waals surface area contributed by atoms with E-state index in [9.17, 15) is 4.79 Å². The van der Waals surface area contributed by atoms with Crippen molar-refractivity contribution in [3.63, 3.8) is 0 Å². The average molecular weight is 243 g/mol. The maximum absolute atomic E-state index is 10.9. The molecule has 0 saturated carbocycles. The van der Waals surface area contributed by atoms with Crippen LogP contribution < -0.4 is 10.6 Å². The molecule has 0 aliphatic rings. The fourth-order valence-electron chi connectivity index (χ4n) is 1.29. The highest BCUT2D eigenvalue weighted by molar-refractivity contribution is 6.31. The van der Waals surface area contributed by atoms with Crippen molar-refractivity contribution in [2.75, 3.05) is 18.0 Å². The molecule has 16 heavy (non-hydrogen) atoms. The Labute approximate surface area is 99.6 Å². The summed E-state index contributed by atoms with van der Waals surface area (Å²) in [5.74, 6) is 0.0870. The zero-order chi connectivity index (χ0) is 12.3. The lowest BCUT2D eigenvalue weighted by molar-refractivity contribution is -0.116. The molecular weight excluding hydrogens is 228 g/mol. The minimum atomic E-state index is -0.419. The Kier molecular flexibility index (Phi) is 4.06. The number of hydrogen-bond acceptors (Lipinski definition) is 4. The first kappa shape index (κ1) is 12.7. The van der Waals surface area contributed by atoms with Crippen molar-refractivity contribution >= 4 is 23.3 Å². The van der Waals surface area contributed by atoms with Crippen molar-refractivity contribution in [2.24, 2.45) is 5.73 Å². The number of anilines is 1. The Hall–Kier alpha value is -1.36. The summed E-state index contributed by atoms with van der Waals surface area (Å²) >= 11 is 5.99. The van der Waals surface area contributed by atoms with Crippen LogP contribution in [0.25, 0.3) is 0 Å². The van der Waals surface area contributed by atoms with E-state index in [-0.39, 0.29) is 6.54 Å². The molecule has 5 nitrogen and oxygen atoms in total. The largest absolute Gasteiger partial charge is 0.368 e. The van der Waals surface area contributed by atoms with Crippen LogP contribution in [-0.4, -0.2) is 29.0 Å². The zero-order valence-electron chi connectivity index (χ0n) is 9.62. The molecule has 0 saturated heterocycles. The molecule has 0 radical (unpaired) electrons. The Morgan fingerprint density at radius 3 is 2.44 bits per heavy atom. The third kappa shape index (κ3) is 2.82. The van der Waals surface area contributed by atoms with Crippen LogP contribution in [0.3, 0.4) is 0 Å². The lowest BCUT2D eigenvalue weighted by Gasteiger charge is -2.21. The van der Waals surface area contributed by atoms with Crippen LogP contribution in [0.5, 0.6) is 0 Å². The van der Waals surface area contributed by atoms with Gasteiger partial charge in [0.25, 0.3) is 0 Å². The number of nitrogens with zero attached hydrogens (tertiary/aromatic N) is 3. The summed E-state index contributed by atoms with van der Waals surface area (Å²) in [7, 11) is 0. The van der Waals surface area contributed by atoms with Gasteiger partial charge in [0.1, 0.15) is 0 Å². The van der Waals surface area contributed by atoms with Gasteiger partial charge in [-0.25, -0.2) is 9.97 Å². The first-order valence-corrected chi connectivity index (χ1v) is 5.37. The summed E-state index contributed by atoms with van der Waals surface area (Å²) in [6.45, 7) is 6.27. The van der Waals surface area contributed by atoms with Crippen LogP contribution in [0.1, 0.15) is 18.3 Å². The topological polar surface area (TPSA) is 72.1 Å². The van der Waals surface area contributed by atoms with Crippen LogP contribution >= 0.6 is 11.6 Å². The molecule has 6 heteroatoms. The van der Waals surface area contributed by atoms with Crippen LogP contribution in [0.15, 0.2) is 0 Å². The monoisotopic (exact) mass is 242 g/mol. The van der Waals surface area contributed by atoms with E-state index in [0.29, 0.717) is 17.5 Å². The molecule has 1 aromatic rings. The van der Waals surface area contributed by atoms with E-state index in [2.05, 4.69) is 9.97 Å². The number of nitrogens with two attached hydrogens (primary N) is 1. The fourth-order valence-corrected chi connectivity index (χ4v) is 1.58. The number of halogens is 1. The van der Waals surface area contributed by atoms with Gasteiger partial charge in [0, 0.05) is 6.54 Å².